The van der Waals surface area contributed by atoms with E-state index >= 15 is 0 Å². The number of piperazine rings is 1. The van der Waals surface area contributed by atoms with Gasteiger partial charge in [0, 0.05) is 31.8 Å². The third kappa shape index (κ3) is 3.16. The molecule has 0 aromatic carbocycles. The topological polar surface area (TPSA) is 67.2 Å². The minimum absolute atomic E-state index is 0.0568. The number of hydrogen-bond acceptors (Lipinski definition) is 3. The Morgan fingerprint density at radius 3 is 2.73 bits per heavy atom. The van der Waals surface area contributed by atoms with E-state index in [2.05, 4.69) is 10.4 Å². The summed E-state index contributed by atoms with van der Waals surface area (Å²) in [5.41, 5.74) is 1.48. The van der Waals surface area contributed by atoms with Crippen molar-refractivity contribution in [3.8, 4) is 0 Å². The first kappa shape index (κ1) is 16.5. The quantitative estimate of drug-likeness (QED) is 0.854. The lowest BCUT2D eigenvalue weighted by atomic mass is 9.99. The molecule has 0 radical (unpaired) electrons. The lowest BCUT2D eigenvalue weighted by molar-refractivity contribution is -0.141. The first-order valence-corrected chi connectivity index (χ1v) is 7.66. The minimum Gasteiger partial charge on any atom is -0.353 e. The number of nitrogens with zero attached hydrogens (tertiary/aromatic N) is 3. The molecule has 1 saturated heterocycles. The van der Waals surface area contributed by atoms with Gasteiger partial charge in [0.1, 0.15) is 11.2 Å². The molecule has 0 aliphatic carbocycles. The molecule has 120 valence electrons. The van der Waals surface area contributed by atoms with Gasteiger partial charge in [-0.2, -0.15) is 5.10 Å². The minimum atomic E-state index is -0.434. The Labute approximate surface area is 135 Å². The van der Waals surface area contributed by atoms with Crippen LogP contribution in [0, 0.1) is 12.8 Å². The summed E-state index contributed by atoms with van der Waals surface area (Å²) < 4.78 is 1.56. The molecule has 7 heteroatoms. The number of nitrogens with one attached hydrogen (secondary N) is 1. The van der Waals surface area contributed by atoms with Crippen molar-refractivity contribution in [2.24, 2.45) is 13.0 Å². The van der Waals surface area contributed by atoms with Crippen LogP contribution in [-0.4, -0.2) is 45.6 Å². The average molecular weight is 325 g/mol. The molecular weight excluding hydrogens is 304 g/mol. The molecule has 0 spiro atoms. The van der Waals surface area contributed by atoms with E-state index < -0.39 is 6.04 Å². The summed E-state index contributed by atoms with van der Waals surface area (Å²) in [7, 11) is 1.75. The number of carbonyl (C=O) groups excluding carboxylic acids is 2. The van der Waals surface area contributed by atoms with Gasteiger partial charge in [0.2, 0.25) is 11.8 Å². The Morgan fingerprint density at radius 2 is 2.18 bits per heavy atom. The maximum absolute atomic E-state index is 12.5. The summed E-state index contributed by atoms with van der Waals surface area (Å²) in [5, 5.41) is 7.49. The number of hydrogen-bond donors (Lipinski definition) is 1. The predicted molar refractivity (Wildman–Crippen MR) is 85.3 cm³/mol. The Hall–Kier alpha value is -1.82. The second-order valence-corrected chi connectivity index (χ2v) is 6.12. The molecule has 22 heavy (non-hydrogen) atoms. The standard InChI is InChI=1S/C15H21ClN4O2/c1-9(2)13-15(22)17-7-8-20(13)12(21)6-5-11-10(3)18-19(4)14(11)16/h5-6,9,13H,7-8H2,1-4H3,(H,17,22). The molecule has 1 aromatic rings. The lowest BCUT2D eigenvalue weighted by Gasteiger charge is -2.36. The zero-order chi connectivity index (χ0) is 16.4. The molecule has 1 unspecified atom stereocenters. The Bertz CT molecular complexity index is 621. The summed E-state index contributed by atoms with van der Waals surface area (Å²) in [5.74, 6) is -0.229. The third-order valence-electron chi connectivity index (χ3n) is 3.76. The van der Waals surface area contributed by atoms with E-state index in [1.165, 1.54) is 6.08 Å². The molecule has 1 aromatic heterocycles. The fraction of sp³-hybridized carbons (Fsp3) is 0.533. The van der Waals surface area contributed by atoms with Crippen molar-refractivity contribution in [1.82, 2.24) is 20.0 Å². The van der Waals surface area contributed by atoms with Gasteiger partial charge >= 0.3 is 0 Å². The van der Waals surface area contributed by atoms with E-state index in [1.807, 2.05) is 20.8 Å². The SMILES string of the molecule is Cc1nn(C)c(Cl)c1C=CC(=O)N1CCNC(=O)C1C(C)C. The monoisotopic (exact) mass is 324 g/mol. The third-order valence-corrected chi connectivity index (χ3v) is 4.21. The Balaban J connectivity index is 2.20. The Morgan fingerprint density at radius 1 is 1.50 bits per heavy atom. The van der Waals surface area contributed by atoms with Crippen LogP contribution in [0.15, 0.2) is 6.08 Å². The molecule has 1 atom stereocenters. The second-order valence-electron chi connectivity index (χ2n) is 5.76. The van der Waals surface area contributed by atoms with Gasteiger partial charge in [-0.1, -0.05) is 25.4 Å². The van der Waals surface area contributed by atoms with Gasteiger partial charge in [0.15, 0.2) is 0 Å². The second kappa shape index (κ2) is 6.52. The molecule has 2 amide bonds. The highest BCUT2D eigenvalue weighted by Crippen LogP contribution is 2.21. The van der Waals surface area contributed by atoms with Gasteiger partial charge in [0.25, 0.3) is 0 Å². The normalized spacial score (nSPS) is 19.1. The average Bonchev–Trinajstić information content (AvgIpc) is 2.69. The van der Waals surface area contributed by atoms with Crippen LogP contribution in [0.1, 0.15) is 25.1 Å². The van der Waals surface area contributed by atoms with Crippen molar-refractivity contribution in [2.45, 2.75) is 26.8 Å². The van der Waals surface area contributed by atoms with Crippen LogP contribution in [0.25, 0.3) is 6.08 Å². The molecule has 2 heterocycles. The van der Waals surface area contributed by atoms with Crippen LogP contribution >= 0.6 is 11.6 Å². The van der Waals surface area contributed by atoms with Gasteiger partial charge < -0.3 is 10.2 Å². The van der Waals surface area contributed by atoms with Gasteiger partial charge in [0.05, 0.1) is 5.69 Å². The Kier molecular flexibility index (Phi) is 4.90. The van der Waals surface area contributed by atoms with Crippen molar-refractivity contribution in [3.05, 3.63) is 22.5 Å². The largest absolute Gasteiger partial charge is 0.353 e. The number of halogens is 1. The summed E-state index contributed by atoms with van der Waals surface area (Å²) in [6.45, 7) is 6.69. The van der Waals surface area contributed by atoms with Gasteiger partial charge in [-0.25, -0.2) is 0 Å². The van der Waals surface area contributed by atoms with E-state index in [0.29, 0.717) is 18.2 Å². The molecule has 1 aliphatic rings. The van der Waals surface area contributed by atoms with Gasteiger partial charge in [-0.15, -0.1) is 0 Å². The molecule has 6 nitrogen and oxygen atoms in total. The van der Waals surface area contributed by atoms with Crippen LogP contribution < -0.4 is 5.32 Å². The van der Waals surface area contributed by atoms with Crippen molar-refractivity contribution in [1.29, 1.82) is 0 Å². The van der Waals surface area contributed by atoms with Gasteiger partial charge in [-0.05, 0) is 18.9 Å². The van der Waals surface area contributed by atoms with Gasteiger partial charge in [-0.3, -0.25) is 14.3 Å². The van der Waals surface area contributed by atoms with E-state index in [-0.39, 0.29) is 17.7 Å². The van der Waals surface area contributed by atoms with E-state index in [9.17, 15) is 9.59 Å². The molecule has 2 rings (SSSR count). The van der Waals surface area contributed by atoms with Crippen LogP contribution in [0.2, 0.25) is 5.15 Å². The number of carbonyl (C=O) groups is 2. The molecular formula is C15H21ClN4O2. The van der Waals surface area contributed by atoms with Crippen LogP contribution in [-0.2, 0) is 16.6 Å². The zero-order valence-electron chi connectivity index (χ0n) is 13.3. The summed E-state index contributed by atoms with van der Waals surface area (Å²) in [6, 6.07) is -0.434. The van der Waals surface area contributed by atoms with Crippen molar-refractivity contribution < 1.29 is 9.59 Å². The number of aryl methyl sites for hydroxylation is 2. The maximum Gasteiger partial charge on any atom is 0.247 e. The maximum atomic E-state index is 12.5. The molecule has 1 N–H and O–H groups in total. The highest BCUT2D eigenvalue weighted by Gasteiger charge is 2.34. The van der Waals surface area contributed by atoms with E-state index in [1.54, 1.807) is 22.7 Å². The van der Waals surface area contributed by atoms with Crippen LogP contribution in [0.5, 0.6) is 0 Å². The van der Waals surface area contributed by atoms with E-state index in [4.69, 9.17) is 11.6 Å². The summed E-state index contributed by atoms with van der Waals surface area (Å²) in [4.78, 5) is 26.0. The van der Waals surface area contributed by atoms with Crippen LogP contribution in [0.3, 0.4) is 0 Å². The predicted octanol–water partition coefficient (Wildman–Crippen LogP) is 1.38. The van der Waals surface area contributed by atoms with E-state index in [0.717, 1.165) is 11.3 Å². The fourth-order valence-electron chi connectivity index (χ4n) is 2.68. The first-order chi connectivity index (χ1) is 10.3. The highest BCUT2D eigenvalue weighted by atomic mass is 35.5. The van der Waals surface area contributed by atoms with Crippen LogP contribution in [0.4, 0.5) is 0 Å². The number of rotatable bonds is 3. The fourth-order valence-corrected chi connectivity index (χ4v) is 2.92. The zero-order valence-corrected chi connectivity index (χ0v) is 14.0. The smallest absolute Gasteiger partial charge is 0.247 e. The van der Waals surface area contributed by atoms with Crippen molar-refractivity contribution in [2.75, 3.05) is 13.1 Å². The first-order valence-electron chi connectivity index (χ1n) is 7.28. The lowest BCUT2D eigenvalue weighted by Crippen LogP contribution is -2.58. The van der Waals surface area contributed by atoms with Crippen molar-refractivity contribution >= 4 is 29.5 Å². The number of aromatic nitrogens is 2. The highest BCUT2D eigenvalue weighted by molar-refractivity contribution is 6.31. The number of amides is 2. The summed E-state index contributed by atoms with van der Waals surface area (Å²) in [6.07, 6.45) is 3.13. The molecule has 1 aliphatic heterocycles. The van der Waals surface area contributed by atoms with Crippen molar-refractivity contribution in [3.63, 3.8) is 0 Å². The molecule has 0 saturated carbocycles. The molecule has 1 fully saturated rings. The molecule has 0 bridgehead atoms. The summed E-state index contributed by atoms with van der Waals surface area (Å²) >= 11 is 6.15.